The van der Waals surface area contributed by atoms with E-state index < -0.39 is 0 Å². The molecule has 3 amide bonds. The molecule has 3 rings (SSSR count). The van der Waals surface area contributed by atoms with Gasteiger partial charge in [0.1, 0.15) is 5.82 Å². The fraction of sp³-hybridized carbons (Fsp3) is 0.579. The summed E-state index contributed by atoms with van der Waals surface area (Å²) >= 11 is 1.89. The minimum absolute atomic E-state index is 0.198. The Balaban J connectivity index is 1.41. The normalized spacial score (nSPS) is 22.9. The van der Waals surface area contributed by atoms with E-state index in [9.17, 15) is 14.0 Å². The van der Waals surface area contributed by atoms with Gasteiger partial charge in [-0.25, -0.2) is 9.18 Å². The summed E-state index contributed by atoms with van der Waals surface area (Å²) in [5.74, 6) is 2.16. The molecule has 2 saturated heterocycles. The van der Waals surface area contributed by atoms with Gasteiger partial charge in [0.25, 0.3) is 0 Å². The van der Waals surface area contributed by atoms with E-state index in [1.165, 1.54) is 12.1 Å². The van der Waals surface area contributed by atoms with Crippen LogP contribution < -0.4 is 16.0 Å². The Labute approximate surface area is 163 Å². The standard InChI is InChI=1S/C19H27FN4O2S/c20-15-4-1-5-16(9-15)23-19(26)22-11-14-3-2-7-24(12-14)18(25)10-17-13-27-8-6-21-17/h1,4-5,9,14,17,21H,2-3,6-8,10-13H2,(H2,22,23,26). The molecule has 0 radical (unpaired) electrons. The van der Waals surface area contributed by atoms with Gasteiger partial charge in [-0.1, -0.05) is 6.07 Å². The maximum atomic E-state index is 13.2. The van der Waals surface area contributed by atoms with Crippen LogP contribution in [-0.2, 0) is 4.79 Å². The van der Waals surface area contributed by atoms with Crippen LogP contribution in [0.3, 0.4) is 0 Å². The minimum Gasteiger partial charge on any atom is -0.342 e. The van der Waals surface area contributed by atoms with E-state index in [2.05, 4.69) is 16.0 Å². The lowest BCUT2D eigenvalue weighted by molar-refractivity contribution is -0.133. The molecule has 3 N–H and O–H groups in total. The van der Waals surface area contributed by atoms with Gasteiger partial charge in [0.15, 0.2) is 0 Å². The zero-order chi connectivity index (χ0) is 19.1. The molecule has 0 bridgehead atoms. The molecule has 2 aliphatic rings. The highest BCUT2D eigenvalue weighted by molar-refractivity contribution is 7.99. The van der Waals surface area contributed by atoms with Crippen LogP contribution in [0.1, 0.15) is 19.3 Å². The van der Waals surface area contributed by atoms with Crippen molar-refractivity contribution in [1.29, 1.82) is 0 Å². The molecule has 1 aromatic carbocycles. The number of anilines is 1. The number of rotatable bonds is 5. The van der Waals surface area contributed by atoms with Crippen molar-refractivity contribution >= 4 is 29.4 Å². The summed E-state index contributed by atoms with van der Waals surface area (Å²) in [6.07, 6.45) is 2.49. The lowest BCUT2D eigenvalue weighted by atomic mass is 9.97. The number of urea groups is 1. The van der Waals surface area contributed by atoms with Crippen molar-refractivity contribution in [2.75, 3.05) is 43.0 Å². The number of thioether (sulfide) groups is 1. The molecule has 2 fully saturated rings. The van der Waals surface area contributed by atoms with E-state index in [-0.39, 0.29) is 29.7 Å². The first-order valence-corrected chi connectivity index (χ1v) is 10.6. The molecule has 0 spiro atoms. The van der Waals surface area contributed by atoms with Gasteiger partial charge >= 0.3 is 6.03 Å². The van der Waals surface area contributed by atoms with Crippen molar-refractivity contribution in [2.24, 2.45) is 5.92 Å². The molecule has 0 aliphatic carbocycles. The summed E-state index contributed by atoms with van der Waals surface area (Å²) in [6, 6.07) is 5.71. The van der Waals surface area contributed by atoms with Crippen LogP contribution in [0, 0.1) is 11.7 Å². The van der Waals surface area contributed by atoms with Crippen LogP contribution >= 0.6 is 11.8 Å². The first-order valence-electron chi connectivity index (χ1n) is 9.49. The first kappa shape index (κ1) is 19.9. The van der Waals surface area contributed by atoms with Crippen LogP contribution in [0.5, 0.6) is 0 Å². The highest BCUT2D eigenvalue weighted by Gasteiger charge is 2.26. The van der Waals surface area contributed by atoms with Crippen LogP contribution in [0.25, 0.3) is 0 Å². The van der Waals surface area contributed by atoms with Gasteiger partial charge in [-0.2, -0.15) is 11.8 Å². The average molecular weight is 395 g/mol. The van der Waals surface area contributed by atoms with E-state index >= 15 is 0 Å². The molecule has 0 saturated carbocycles. The molecule has 1 aromatic rings. The Morgan fingerprint density at radius 3 is 3.04 bits per heavy atom. The van der Waals surface area contributed by atoms with Crippen LogP contribution in [0.2, 0.25) is 0 Å². The van der Waals surface area contributed by atoms with Crippen molar-refractivity contribution in [3.8, 4) is 0 Å². The van der Waals surface area contributed by atoms with E-state index in [1.54, 1.807) is 12.1 Å². The van der Waals surface area contributed by atoms with Crippen molar-refractivity contribution in [3.05, 3.63) is 30.1 Å². The predicted octanol–water partition coefficient (Wildman–Crippen LogP) is 2.28. The van der Waals surface area contributed by atoms with Gasteiger partial charge in [0.2, 0.25) is 5.91 Å². The lowest BCUT2D eigenvalue weighted by Gasteiger charge is -2.34. The number of carbonyl (C=O) groups is 2. The molecule has 6 nitrogen and oxygen atoms in total. The number of benzene rings is 1. The number of amides is 3. The molecule has 148 valence electrons. The van der Waals surface area contributed by atoms with Crippen LogP contribution in [-0.4, -0.2) is 60.6 Å². The van der Waals surface area contributed by atoms with E-state index in [1.807, 2.05) is 16.7 Å². The Morgan fingerprint density at radius 2 is 2.26 bits per heavy atom. The molecule has 2 atom stereocenters. The van der Waals surface area contributed by atoms with Gasteiger partial charge < -0.3 is 20.9 Å². The third-order valence-corrected chi connectivity index (χ3v) is 6.06. The number of halogens is 1. The number of piperidine rings is 1. The second-order valence-corrected chi connectivity index (χ2v) is 8.27. The molecule has 2 unspecified atom stereocenters. The topological polar surface area (TPSA) is 73.5 Å². The summed E-state index contributed by atoms with van der Waals surface area (Å²) in [6.45, 7) is 2.95. The molecule has 2 aliphatic heterocycles. The Bertz CT molecular complexity index is 654. The number of carbonyl (C=O) groups excluding carboxylic acids is 2. The Kier molecular flexibility index (Phi) is 7.34. The molecule has 8 heteroatoms. The molecule has 0 aromatic heterocycles. The van der Waals surface area contributed by atoms with Crippen molar-refractivity contribution in [3.63, 3.8) is 0 Å². The molecular formula is C19H27FN4O2S. The maximum Gasteiger partial charge on any atom is 0.319 e. The highest BCUT2D eigenvalue weighted by Crippen LogP contribution is 2.18. The predicted molar refractivity (Wildman–Crippen MR) is 106 cm³/mol. The van der Waals surface area contributed by atoms with Gasteiger partial charge in [-0.15, -0.1) is 0 Å². The SMILES string of the molecule is O=C(NCC1CCCN(C(=O)CC2CSCCN2)C1)Nc1cccc(F)c1. The Morgan fingerprint density at radius 1 is 1.37 bits per heavy atom. The van der Waals surface area contributed by atoms with Crippen molar-refractivity contribution < 1.29 is 14.0 Å². The van der Waals surface area contributed by atoms with Gasteiger partial charge in [-0.3, -0.25) is 4.79 Å². The first-order chi connectivity index (χ1) is 13.1. The third kappa shape index (κ3) is 6.39. The largest absolute Gasteiger partial charge is 0.342 e. The van der Waals surface area contributed by atoms with E-state index in [0.29, 0.717) is 25.2 Å². The number of likely N-dealkylation sites (tertiary alicyclic amines) is 1. The van der Waals surface area contributed by atoms with Gasteiger partial charge in [0.05, 0.1) is 0 Å². The van der Waals surface area contributed by atoms with Gasteiger partial charge in [-0.05, 0) is 37.0 Å². The van der Waals surface area contributed by atoms with E-state index in [4.69, 9.17) is 0 Å². The summed E-state index contributed by atoms with van der Waals surface area (Å²) in [4.78, 5) is 26.5. The van der Waals surface area contributed by atoms with Crippen LogP contribution in [0.4, 0.5) is 14.9 Å². The lowest BCUT2D eigenvalue weighted by Crippen LogP contribution is -2.47. The zero-order valence-electron chi connectivity index (χ0n) is 15.4. The highest BCUT2D eigenvalue weighted by atomic mass is 32.2. The third-order valence-electron chi connectivity index (χ3n) is 4.92. The summed E-state index contributed by atoms with van der Waals surface area (Å²) in [7, 11) is 0. The molecule has 2 heterocycles. The van der Waals surface area contributed by atoms with Crippen molar-refractivity contribution in [1.82, 2.24) is 15.5 Å². The maximum absolute atomic E-state index is 13.2. The Hall–Kier alpha value is -1.80. The molecular weight excluding hydrogens is 367 g/mol. The molecule has 27 heavy (non-hydrogen) atoms. The van der Waals surface area contributed by atoms with Gasteiger partial charge in [0, 0.05) is 55.8 Å². The zero-order valence-corrected chi connectivity index (χ0v) is 16.2. The second kappa shape index (κ2) is 9.94. The summed E-state index contributed by atoms with van der Waals surface area (Å²) in [5.41, 5.74) is 0.422. The smallest absolute Gasteiger partial charge is 0.319 e. The van der Waals surface area contributed by atoms with Crippen molar-refractivity contribution in [2.45, 2.75) is 25.3 Å². The minimum atomic E-state index is -0.389. The summed E-state index contributed by atoms with van der Waals surface area (Å²) in [5, 5.41) is 8.87. The van der Waals surface area contributed by atoms with E-state index in [0.717, 1.165) is 37.4 Å². The summed E-state index contributed by atoms with van der Waals surface area (Å²) < 4.78 is 13.2. The number of hydrogen-bond donors (Lipinski definition) is 3. The fourth-order valence-electron chi connectivity index (χ4n) is 3.53. The number of nitrogens with zero attached hydrogens (tertiary/aromatic N) is 1. The quantitative estimate of drug-likeness (QED) is 0.716. The fourth-order valence-corrected chi connectivity index (χ4v) is 4.48. The van der Waals surface area contributed by atoms with Crippen LogP contribution in [0.15, 0.2) is 24.3 Å². The monoisotopic (exact) mass is 394 g/mol. The number of nitrogens with one attached hydrogen (secondary N) is 3. The second-order valence-electron chi connectivity index (χ2n) is 7.12. The average Bonchev–Trinajstić information content (AvgIpc) is 2.67. The number of hydrogen-bond acceptors (Lipinski definition) is 4.